The highest BCUT2D eigenvalue weighted by molar-refractivity contribution is 5.94. The fourth-order valence-electron chi connectivity index (χ4n) is 4.62. The SMILES string of the molecule is CCCn1nc(C(=O)N2CCCCCC2)c2c1CCC(NCc1ccncc1)C2. The zero-order valence-electron chi connectivity index (χ0n) is 17.6. The Morgan fingerprint density at radius 3 is 2.66 bits per heavy atom. The van der Waals surface area contributed by atoms with Crippen LogP contribution >= 0.6 is 0 Å². The van der Waals surface area contributed by atoms with Crippen molar-refractivity contribution in [3.63, 3.8) is 0 Å². The molecule has 4 rings (SSSR count). The van der Waals surface area contributed by atoms with Crippen molar-refractivity contribution >= 4 is 5.91 Å². The summed E-state index contributed by atoms with van der Waals surface area (Å²) in [5.74, 6) is 0.146. The minimum Gasteiger partial charge on any atom is -0.337 e. The summed E-state index contributed by atoms with van der Waals surface area (Å²) in [5.41, 5.74) is 4.43. The number of hydrogen-bond acceptors (Lipinski definition) is 4. The first-order valence-electron chi connectivity index (χ1n) is 11.3. The van der Waals surface area contributed by atoms with Gasteiger partial charge in [0.1, 0.15) is 0 Å². The van der Waals surface area contributed by atoms with Gasteiger partial charge in [-0.25, -0.2) is 0 Å². The molecule has 1 saturated heterocycles. The standard InChI is InChI=1S/C23H33N5O/c1-2-13-28-21-8-7-19(25-17-18-9-11-24-12-10-18)16-20(21)22(26-28)23(29)27-14-5-3-4-6-15-27/h9-12,19,25H,2-8,13-17H2,1H3. The topological polar surface area (TPSA) is 63.1 Å². The molecule has 2 aliphatic rings. The van der Waals surface area contributed by atoms with Crippen LogP contribution < -0.4 is 5.32 Å². The third kappa shape index (κ3) is 4.69. The minimum atomic E-state index is 0.146. The second kappa shape index (κ2) is 9.53. The molecule has 1 unspecified atom stereocenters. The number of carbonyl (C=O) groups excluding carboxylic acids is 1. The Morgan fingerprint density at radius 2 is 1.93 bits per heavy atom. The van der Waals surface area contributed by atoms with Gasteiger partial charge in [0, 0.05) is 55.9 Å². The van der Waals surface area contributed by atoms with Gasteiger partial charge in [-0.15, -0.1) is 0 Å². The molecule has 2 aromatic rings. The first-order valence-corrected chi connectivity index (χ1v) is 11.3. The van der Waals surface area contributed by atoms with Gasteiger partial charge < -0.3 is 10.2 Å². The molecule has 29 heavy (non-hydrogen) atoms. The van der Waals surface area contributed by atoms with E-state index in [1.807, 2.05) is 17.3 Å². The third-order valence-electron chi connectivity index (χ3n) is 6.22. The molecule has 6 heteroatoms. The Balaban J connectivity index is 1.52. The highest BCUT2D eigenvalue weighted by atomic mass is 16.2. The first kappa shape index (κ1) is 20.1. The smallest absolute Gasteiger partial charge is 0.274 e. The van der Waals surface area contributed by atoms with Crippen molar-refractivity contribution in [2.45, 2.75) is 77.4 Å². The maximum Gasteiger partial charge on any atom is 0.274 e. The number of fused-ring (bicyclic) bond motifs is 1. The van der Waals surface area contributed by atoms with E-state index in [2.05, 4.69) is 34.0 Å². The van der Waals surface area contributed by atoms with Crippen LogP contribution in [0.4, 0.5) is 0 Å². The molecule has 1 N–H and O–H groups in total. The molecule has 0 aromatic carbocycles. The predicted molar refractivity (Wildman–Crippen MR) is 114 cm³/mol. The normalized spacial score (nSPS) is 19.6. The summed E-state index contributed by atoms with van der Waals surface area (Å²) in [5, 5.41) is 8.52. The van der Waals surface area contributed by atoms with Gasteiger partial charge in [0.2, 0.25) is 0 Å². The molecule has 2 aromatic heterocycles. The molecule has 0 spiro atoms. The van der Waals surface area contributed by atoms with Crippen molar-refractivity contribution < 1.29 is 4.79 Å². The first-order chi connectivity index (χ1) is 14.3. The van der Waals surface area contributed by atoms with E-state index in [4.69, 9.17) is 5.10 Å². The maximum atomic E-state index is 13.4. The highest BCUT2D eigenvalue weighted by Crippen LogP contribution is 2.27. The molecule has 0 radical (unpaired) electrons. The average Bonchev–Trinajstić information content (AvgIpc) is 2.92. The fraction of sp³-hybridized carbons (Fsp3) is 0.609. The molecule has 1 aliphatic carbocycles. The van der Waals surface area contributed by atoms with Crippen LogP contribution in [0.3, 0.4) is 0 Å². The van der Waals surface area contributed by atoms with Crippen molar-refractivity contribution in [3.8, 4) is 0 Å². The number of carbonyl (C=O) groups is 1. The zero-order chi connectivity index (χ0) is 20.1. The molecule has 0 saturated carbocycles. The van der Waals surface area contributed by atoms with Crippen LogP contribution in [0.25, 0.3) is 0 Å². The monoisotopic (exact) mass is 395 g/mol. The number of rotatable bonds is 6. The summed E-state index contributed by atoms with van der Waals surface area (Å²) in [6, 6.07) is 4.48. The van der Waals surface area contributed by atoms with Crippen LogP contribution in [-0.4, -0.2) is 44.7 Å². The Labute approximate surface area is 173 Å². The van der Waals surface area contributed by atoms with E-state index >= 15 is 0 Å². The van der Waals surface area contributed by atoms with Gasteiger partial charge in [0.25, 0.3) is 5.91 Å². The molecule has 3 heterocycles. The molecule has 0 bridgehead atoms. The summed E-state index contributed by atoms with van der Waals surface area (Å²) in [6.07, 6.45) is 12.4. The number of hydrogen-bond donors (Lipinski definition) is 1. The molecule has 156 valence electrons. The number of pyridine rings is 1. The Hall–Kier alpha value is -2.21. The van der Waals surface area contributed by atoms with Crippen LogP contribution in [0.5, 0.6) is 0 Å². The van der Waals surface area contributed by atoms with Crippen molar-refractivity contribution in [2.75, 3.05) is 13.1 Å². The van der Waals surface area contributed by atoms with Crippen molar-refractivity contribution in [1.82, 2.24) is 25.0 Å². The van der Waals surface area contributed by atoms with Crippen LogP contribution in [0.1, 0.15) is 72.8 Å². The maximum absolute atomic E-state index is 13.4. The van der Waals surface area contributed by atoms with Gasteiger partial charge in [-0.3, -0.25) is 14.5 Å². The molecular weight excluding hydrogens is 362 g/mol. The van der Waals surface area contributed by atoms with Crippen LogP contribution in [0.2, 0.25) is 0 Å². The van der Waals surface area contributed by atoms with Gasteiger partial charge in [0.05, 0.1) is 0 Å². The summed E-state index contributed by atoms with van der Waals surface area (Å²) in [4.78, 5) is 19.5. The minimum absolute atomic E-state index is 0.146. The largest absolute Gasteiger partial charge is 0.337 e. The number of nitrogens with one attached hydrogen (secondary N) is 1. The molecule has 1 aliphatic heterocycles. The van der Waals surface area contributed by atoms with E-state index in [0.29, 0.717) is 11.7 Å². The van der Waals surface area contributed by atoms with Crippen molar-refractivity contribution in [2.24, 2.45) is 0 Å². The van der Waals surface area contributed by atoms with Crippen LogP contribution in [0, 0.1) is 0 Å². The number of aromatic nitrogens is 3. The summed E-state index contributed by atoms with van der Waals surface area (Å²) in [7, 11) is 0. The Kier molecular flexibility index (Phi) is 6.60. The lowest BCUT2D eigenvalue weighted by molar-refractivity contribution is 0.0753. The summed E-state index contributed by atoms with van der Waals surface area (Å²) < 4.78 is 2.11. The van der Waals surface area contributed by atoms with Crippen molar-refractivity contribution in [3.05, 3.63) is 47.0 Å². The predicted octanol–water partition coefficient (Wildman–Crippen LogP) is 3.35. The fourth-order valence-corrected chi connectivity index (χ4v) is 4.62. The van der Waals surface area contributed by atoms with Gasteiger partial charge in [-0.2, -0.15) is 5.10 Å². The van der Waals surface area contributed by atoms with Crippen molar-refractivity contribution in [1.29, 1.82) is 0 Å². The summed E-state index contributed by atoms with van der Waals surface area (Å²) >= 11 is 0. The van der Waals surface area contributed by atoms with E-state index in [1.54, 1.807) is 0 Å². The zero-order valence-corrected chi connectivity index (χ0v) is 17.6. The van der Waals surface area contributed by atoms with E-state index < -0.39 is 0 Å². The van der Waals surface area contributed by atoms with E-state index in [9.17, 15) is 4.79 Å². The number of nitrogens with zero attached hydrogens (tertiary/aromatic N) is 4. The number of likely N-dealkylation sites (tertiary alicyclic amines) is 1. The molecule has 1 fully saturated rings. The Morgan fingerprint density at radius 1 is 1.17 bits per heavy atom. The van der Waals surface area contributed by atoms with E-state index in [-0.39, 0.29) is 5.91 Å². The Bertz CT molecular complexity index is 808. The molecule has 1 atom stereocenters. The average molecular weight is 396 g/mol. The van der Waals surface area contributed by atoms with Gasteiger partial charge in [-0.05, 0) is 56.2 Å². The lowest BCUT2D eigenvalue weighted by atomic mass is 9.91. The number of amides is 1. The third-order valence-corrected chi connectivity index (χ3v) is 6.22. The van der Waals surface area contributed by atoms with Gasteiger partial charge in [-0.1, -0.05) is 19.8 Å². The lowest BCUT2D eigenvalue weighted by Gasteiger charge is -2.25. The van der Waals surface area contributed by atoms with Gasteiger partial charge >= 0.3 is 0 Å². The number of aryl methyl sites for hydroxylation is 1. The van der Waals surface area contributed by atoms with E-state index in [0.717, 1.165) is 64.7 Å². The second-order valence-electron chi connectivity index (χ2n) is 8.38. The van der Waals surface area contributed by atoms with E-state index in [1.165, 1.54) is 29.7 Å². The second-order valence-corrected chi connectivity index (χ2v) is 8.38. The van der Waals surface area contributed by atoms with Crippen LogP contribution in [-0.2, 0) is 25.9 Å². The quantitative estimate of drug-likeness (QED) is 0.815. The summed E-state index contributed by atoms with van der Waals surface area (Å²) in [6.45, 7) is 5.65. The molecular formula is C23H33N5O. The molecule has 1 amide bonds. The van der Waals surface area contributed by atoms with Gasteiger partial charge in [0.15, 0.2) is 5.69 Å². The molecule has 6 nitrogen and oxygen atoms in total. The highest BCUT2D eigenvalue weighted by Gasteiger charge is 2.31. The van der Waals surface area contributed by atoms with Crippen LogP contribution in [0.15, 0.2) is 24.5 Å². The lowest BCUT2D eigenvalue weighted by Crippen LogP contribution is -2.36.